The molecule has 0 unspecified atom stereocenters. The van der Waals surface area contributed by atoms with Crippen molar-refractivity contribution in [2.24, 2.45) is 10.9 Å². The minimum atomic E-state index is 0.193. The zero-order valence-corrected chi connectivity index (χ0v) is 19.2. The SMILES string of the molecule is C#CCOc1ccc(C=Nc2ccc([C@@H]3Nc4ccc(C)cc4[C@@H]4C=CC[C@H]43)cc2)cc1Cl. The lowest BCUT2D eigenvalue weighted by Gasteiger charge is -2.37. The van der Waals surface area contributed by atoms with Gasteiger partial charge in [0.25, 0.3) is 0 Å². The molecule has 0 bridgehead atoms. The summed E-state index contributed by atoms with van der Waals surface area (Å²) >= 11 is 6.28. The molecule has 0 radical (unpaired) electrons. The summed E-state index contributed by atoms with van der Waals surface area (Å²) in [5, 5.41) is 4.31. The summed E-state index contributed by atoms with van der Waals surface area (Å²) in [4.78, 5) is 4.62. The van der Waals surface area contributed by atoms with Gasteiger partial charge in [0.1, 0.15) is 12.4 Å². The maximum Gasteiger partial charge on any atom is 0.148 e. The predicted molar refractivity (Wildman–Crippen MR) is 137 cm³/mol. The molecule has 0 fully saturated rings. The van der Waals surface area contributed by atoms with Crippen LogP contribution in [0, 0.1) is 25.2 Å². The van der Waals surface area contributed by atoms with Gasteiger partial charge in [-0.25, -0.2) is 0 Å². The van der Waals surface area contributed by atoms with Gasteiger partial charge in [0, 0.05) is 17.8 Å². The van der Waals surface area contributed by atoms with E-state index in [9.17, 15) is 0 Å². The number of ether oxygens (including phenoxy) is 1. The normalized spacial score (nSPS) is 20.7. The first kappa shape index (κ1) is 21.4. The van der Waals surface area contributed by atoms with Crippen LogP contribution >= 0.6 is 11.6 Å². The van der Waals surface area contributed by atoms with E-state index in [4.69, 9.17) is 22.8 Å². The van der Waals surface area contributed by atoms with E-state index in [1.807, 2.05) is 18.2 Å². The number of nitrogens with one attached hydrogen (secondary N) is 1. The third-order valence-electron chi connectivity index (χ3n) is 6.40. The molecule has 4 heteroatoms. The van der Waals surface area contributed by atoms with Gasteiger partial charge in [-0.3, -0.25) is 4.99 Å². The van der Waals surface area contributed by atoms with Gasteiger partial charge >= 0.3 is 0 Å². The van der Waals surface area contributed by atoms with Crippen molar-refractivity contribution in [1.82, 2.24) is 0 Å². The lowest BCUT2D eigenvalue weighted by Crippen LogP contribution is -2.29. The van der Waals surface area contributed by atoms with Gasteiger partial charge in [-0.15, -0.1) is 6.42 Å². The number of benzene rings is 3. The number of aryl methyl sites for hydroxylation is 1. The van der Waals surface area contributed by atoms with Gasteiger partial charge in [0.05, 0.1) is 16.8 Å². The number of nitrogens with zero attached hydrogens (tertiary/aromatic N) is 1. The molecule has 1 heterocycles. The van der Waals surface area contributed by atoms with Crippen molar-refractivity contribution < 1.29 is 4.74 Å². The third kappa shape index (κ3) is 4.40. The first-order valence-corrected chi connectivity index (χ1v) is 11.5. The Bertz CT molecular complexity index is 1270. The minimum Gasteiger partial charge on any atom is -0.479 e. The first-order valence-electron chi connectivity index (χ1n) is 11.2. The van der Waals surface area contributed by atoms with Crippen LogP contribution in [-0.4, -0.2) is 12.8 Å². The van der Waals surface area contributed by atoms with Crippen LogP contribution < -0.4 is 10.1 Å². The van der Waals surface area contributed by atoms with Gasteiger partial charge in [-0.1, -0.05) is 59.5 Å². The molecule has 3 nitrogen and oxygen atoms in total. The van der Waals surface area contributed by atoms with Crippen LogP contribution in [0.25, 0.3) is 0 Å². The molecule has 0 amide bonds. The summed E-state index contributed by atoms with van der Waals surface area (Å²) in [5.41, 5.74) is 7.06. The standard InChI is InChI=1S/C29H25ClN2O/c1-3-15-33-28-14-8-20(17-26(28)30)18-31-22-11-9-21(10-12-22)29-24-6-4-5-23(24)25-16-19(2)7-13-27(25)32-29/h1,4-5,7-14,16-18,23-24,29,32H,6,15H2,2H3/t23-,24-,29+/m1/s1. The van der Waals surface area contributed by atoms with Crippen LogP contribution in [0.1, 0.15) is 40.6 Å². The molecule has 33 heavy (non-hydrogen) atoms. The molecule has 1 aliphatic heterocycles. The number of terminal acetylenes is 1. The third-order valence-corrected chi connectivity index (χ3v) is 6.70. The Morgan fingerprint density at radius 3 is 2.79 bits per heavy atom. The topological polar surface area (TPSA) is 33.6 Å². The van der Waals surface area contributed by atoms with Gasteiger partial charge in [0.15, 0.2) is 0 Å². The smallest absolute Gasteiger partial charge is 0.148 e. The number of allylic oxidation sites excluding steroid dienone is 2. The number of aliphatic imine (C=N–C) groups is 1. The van der Waals surface area contributed by atoms with Crippen LogP contribution in [0.2, 0.25) is 5.02 Å². The lowest BCUT2D eigenvalue weighted by atomic mass is 9.76. The maximum absolute atomic E-state index is 6.28. The van der Waals surface area contributed by atoms with Crippen LogP contribution in [0.3, 0.4) is 0 Å². The first-order chi connectivity index (χ1) is 16.1. The van der Waals surface area contributed by atoms with Crippen LogP contribution in [0.5, 0.6) is 5.75 Å². The summed E-state index contributed by atoms with van der Waals surface area (Å²) in [6.07, 6.45) is 12.8. The average Bonchev–Trinajstić information content (AvgIpc) is 3.33. The molecule has 2 aliphatic rings. The molecule has 164 valence electrons. The maximum atomic E-state index is 6.28. The second kappa shape index (κ2) is 9.17. The average molecular weight is 453 g/mol. The van der Waals surface area contributed by atoms with E-state index >= 15 is 0 Å². The van der Waals surface area contributed by atoms with Crippen molar-refractivity contribution in [3.05, 3.63) is 100 Å². The molecule has 1 N–H and O–H groups in total. The number of rotatable bonds is 5. The summed E-state index contributed by atoms with van der Waals surface area (Å²) in [5.74, 6) is 4.02. The summed E-state index contributed by atoms with van der Waals surface area (Å²) in [7, 11) is 0. The van der Waals surface area contributed by atoms with E-state index in [0.29, 0.717) is 22.6 Å². The lowest BCUT2D eigenvalue weighted by molar-refractivity contribution is 0.370. The largest absolute Gasteiger partial charge is 0.479 e. The van der Waals surface area contributed by atoms with E-state index in [1.54, 1.807) is 6.21 Å². The van der Waals surface area contributed by atoms with Crippen LogP contribution in [-0.2, 0) is 0 Å². The van der Waals surface area contributed by atoms with E-state index in [1.165, 1.54) is 22.4 Å². The second-order valence-electron chi connectivity index (χ2n) is 8.60. The van der Waals surface area contributed by atoms with E-state index < -0.39 is 0 Å². The van der Waals surface area contributed by atoms with Crippen molar-refractivity contribution in [2.45, 2.75) is 25.3 Å². The molecule has 3 aromatic carbocycles. The highest BCUT2D eigenvalue weighted by atomic mass is 35.5. The van der Waals surface area contributed by atoms with Crippen molar-refractivity contribution in [2.75, 3.05) is 11.9 Å². The zero-order valence-electron chi connectivity index (χ0n) is 18.5. The van der Waals surface area contributed by atoms with E-state index in [-0.39, 0.29) is 12.6 Å². The molecule has 0 spiro atoms. The molecule has 0 saturated carbocycles. The molecular formula is C29H25ClN2O. The molecular weight excluding hydrogens is 428 g/mol. The highest BCUT2D eigenvalue weighted by Crippen LogP contribution is 2.50. The Morgan fingerprint density at radius 1 is 1.15 bits per heavy atom. The van der Waals surface area contributed by atoms with Gasteiger partial charge < -0.3 is 10.1 Å². The number of halogens is 1. The second-order valence-corrected chi connectivity index (χ2v) is 9.01. The molecule has 5 rings (SSSR count). The Morgan fingerprint density at radius 2 is 2.00 bits per heavy atom. The van der Waals surface area contributed by atoms with Crippen molar-refractivity contribution in [3.8, 4) is 18.1 Å². The molecule has 3 aromatic rings. The Labute approximate surface area is 200 Å². The number of hydrogen-bond acceptors (Lipinski definition) is 3. The number of hydrogen-bond donors (Lipinski definition) is 1. The van der Waals surface area contributed by atoms with E-state index in [0.717, 1.165) is 17.7 Å². The minimum absolute atomic E-state index is 0.193. The highest BCUT2D eigenvalue weighted by Gasteiger charge is 2.37. The molecule has 0 saturated heterocycles. The monoisotopic (exact) mass is 452 g/mol. The van der Waals surface area contributed by atoms with Crippen molar-refractivity contribution in [3.63, 3.8) is 0 Å². The van der Waals surface area contributed by atoms with Crippen LogP contribution in [0.4, 0.5) is 11.4 Å². The zero-order chi connectivity index (χ0) is 22.8. The number of anilines is 1. The van der Waals surface area contributed by atoms with Gasteiger partial charge in [-0.05, 0) is 72.4 Å². The van der Waals surface area contributed by atoms with Crippen LogP contribution in [0.15, 0.2) is 77.8 Å². The molecule has 3 atom stereocenters. The highest BCUT2D eigenvalue weighted by molar-refractivity contribution is 6.32. The number of fused-ring (bicyclic) bond motifs is 3. The fraction of sp³-hybridized carbons (Fsp3) is 0.207. The van der Waals surface area contributed by atoms with Gasteiger partial charge in [-0.2, -0.15) is 0 Å². The fourth-order valence-corrected chi connectivity index (χ4v) is 5.04. The summed E-state index contributed by atoms with van der Waals surface area (Å²) < 4.78 is 5.41. The Kier molecular flexibility index (Phi) is 5.94. The Balaban J connectivity index is 1.32. The van der Waals surface area contributed by atoms with Crippen molar-refractivity contribution in [1.29, 1.82) is 0 Å². The Hall–Kier alpha value is -3.48. The van der Waals surface area contributed by atoms with E-state index in [2.05, 4.69) is 77.8 Å². The van der Waals surface area contributed by atoms with Gasteiger partial charge in [0.2, 0.25) is 0 Å². The van der Waals surface area contributed by atoms with Crippen molar-refractivity contribution >= 4 is 29.2 Å². The molecule has 0 aromatic heterocycles. The predicted octanol–water partition coefficient (Wildman–Crippen LogP) is 7.24. The quantitative estimate of drug-likeness (QED) is 0.251. The summed E-state index contributed by atoms with van der Waals surface area (Å²) in [6.45, 7) is 2.35. The summed E-state index contributed by atoms with van der Waals surface area (Å²) in [6, 6.07) is 21.1. The molecule has 1 aliphatic carbocycles. The fourth-order valence-electron chi connectivity index (χ4n) is 4.79.